The number of amides is 1. The fourth-order valence-electron chi connectivity index (χ4n) is 2.28. The second-order valence-electron chi connectivity index (χ2n) is 3.82. The number of fused-ring (bicyclic) bond motifs is 3. The maximum atomic E-state index is 10.7. The van der Waals surface area contributed by atoms with Crippen LogP contribution in [0.1, 0.15) is 25.7 Å². The fraction of sp³-hybridized carbons (Fsp3) is 0.875. The van der Waals surface area contributed by atoms with E-state index in [-0.39, 0.29) is 0 Å². The second kappa shape index (κ2) is 2.36. The number of carboxylic acid groups (broad SMARTS) is 1. The van der Waals surface area contributed by atoms with Crippen molar-refractivity contribution < 1.29 is 15.0 Å². The van der Waals surface area contributed by atoms with Gasteiger partial charge in [0.15, 0.2) is 0 Å². The van der Waals surface area contributed by atoms with Gasteiger partial charge in [-0.25, -0.2) is 4.79 Å². The van der Waals surface area contributed by atoms with Gasteiger partial charge in [-0.05, 0) is 31.6 Å². The van der Waals surface area contributed by atoms with Gasteiger partial charge >= 0.3 is 6.09 Å². The Kier molecular flexibility index (Phi) is 1.54. The van der Waals surface area contributed by atoms with Gasteiger partial charge in [-0.1, -0.05) is 0 Å². The fourth-order valence-corrected chi connectivity index (χ4v) is 2.28. The molecular formula is C8H13NO3. The van der Waals surface area contributed by atoms with E-state index in [0.29, 0.717) is 25.3 Å². The molecule has 12 heavy (non-hydrogen) atoms. The van der Waals surface area contributed by atoms with Gasteiger partial charge < -0.3 is 10.2 Å². The molecule has 2 heterocycles. The van der Waals surface area contributed by atoms with Crippen molar-refractivity contribution in [3.05, 3.63) is 0 Å². The monoisotopic (exact) mass is 171 g/mol. The number of nitrogens with zero attached hydrogens (tertiary/aromatic N) is 1. The Morgan fingerprint density at radius 1 is 1.42 bits per heavy atom. The van der Waals surface area contributed by atoms with Crippen molar-refractivity contribution >= 4 is 6.09 Å². The molecule has 3 rings (SSSR count). The summed E-state index contributed by atoms with van der Waals surface area (Å²) < 4.78 is 0. The van der Waals surface area contributed by atoms with E-state index in [1.54, 1.807) is 0 Å². The summed E-state index contributed by atoms with van der Waals surface area (Å²) in [6.07, 6.45) is 2.19. The maximum absolute atomic E-state index is 10.7. The molecule has 0 atom stereocenters. The average molecular weight is 171 g/mol. The molecule has 0 aromatic rings. The highest BCUT2D eigenvalue weighted by molar-refractivity contribution is 5.66. The van der Waals surface area contributed by atoms with Gasteiger partial charge in [-0.15, -0.1) is 0 Å². The zero-order chi connectivity index (χ0) is 8.77. The number of piperidine rings is 2. The van der Waals surface area contributed by atoms with E-state index in [9.17, 15) is 9.90 Å². The maximum Gasteiger partial charge on any atom is 0.409 e. The summed E-state index contributed by atoms with van der Waals surface area (Å²) in [4.78, 5) is 11.9. The number of rotatable bonds is 0. The Hall–Kier alpha value is -0.770. The number of hydrogen-bond acceptors (Lipinski definition) is 2. The Bertz CT molecular complexity index is 208. The molecule has 4 nitrogen and oxygen atoms in total. The van der Waals surface area contributed by atoms with Gasteiger partial charge in [0.2, 0.25) is 0 Å². The molecule has 0 aromatic heterocycles. The normalized spacial score (nSPS) is 40.1. The molecule has 2 saturated heterocycles. The quantitative estimate of drug-likeness (QED) is 0.568. The standard InChI is InChI=1S/C8H13NO3/c10-7(11)9-5-6-1-3-8(9,12)4-2-6/h6,12H,1-5H2,(H,10,11). The molecule has 1 aliphatic carbocycles. The lowest BCUT2D eigenvalue weighted by Gasteiger charge is -2.49. The lowest BCUT2D eigenvalue weighted by molar-refractivity contribution is -0.160. The predicted octanol–water partition coefficient (Wildman–Crippen LogP) is 0.859. The summed E-state index contributed by atoms with van der Waals surface area (Å²) in [5, 5.41) is 18.7. The molecule has 0 aromatic carbocycles. The van der Waals surface area contributed by atoms with E-state index >= 15 is 0 Å². The van der Waals surface area contributed by atoms with Crippen LogP contribution in [-0.4, -0.2) is 33.5 Å². The van der Waals surface area contributed by atoms with Gasteiger partial charge in [-0.3, -0.25) is 4.90 Å². The van der Waals surface area contributed by atoms with E-state index in [4.69, 9.17) is 5.11 Å². The minimum atomic E-state index is -1.04. The van der Waals surface area contributed by atoms with Gasteiger partial charge in [0.25, 0.3) is 0 Å². The smallest absolute Gasteiger partial charge is 0.409 e. The summed E-state index contributed by atoms with van der Waals surface area (Å²) in [6, 6.07) is 0. The van der Waals surface area contributed by atoms with Crippen molar-refractivity contribution in [2.24, 2.45) is 5.92 Å². The van der Waals surface area contributed by atoms with Crippen LogP contribution < -0.4 is 0 Å². The van der Waals surface area contributed by atoms with Crippen LogP contribution in [0, 0.1) is 5.92 Å². The van der Waals surface area contributed by atoms with Gasteiger partial charge in [0.1, 0.15) is 5.72 Å². The summed E-state index contributed by atoms with van der Waals surface area (Å²) in [7, 11) is 0. The van der Waals surface area contributed by atoms with E-state index in [0.717, 1.165) is 12.8 Å². The van der Waals surface area contributed by atoms with Crippen molar-refractivity contribution in [3.8, 4) is 0 Å². The van der Waals surface area contributed by atoms with E-state index < -0.39 is 11.8 Å². The van der Waals surface area contributed by atoms with Crippen molar-refractivity contribution in [1.29, 1.82) is 0 Å². The highest BCUT2D eigenvalue weighted by atomic mass is 16.4. The molecule has 1 amide bonds. The summed E-state index contributed by atoms with van der Waals surface area (Å²) >= 11 is 0. The molecule has 3 fully saturated rings. The third-order valence-corrected chi connectivity index (χ3v) is 3.08. The van der Waals surface area contributed by atoms with Crippen molar-refractivity contribution in [2.75, 3.05) is 6.54 Å². The Balaban J connectivity index is 2.20. The van der Waals surface area contributed by atoms with Gasteiger partial charge in [0, 0.05) is 6.54 Å². The minimum Gasteiger partial charge on any atom is -0.465 e. The summed E-state index contributed by atoms with van der Waals surface area (Å²) in [6.45, 7) is 0.520. The van der Waals surface area contributed by atoms with E-state index in [1.807, 2.05) is 0 Å². The molecule has 0 spiro atoms. The molecule has 3 aliphatic rings. The lowest BCUT2D eigenvalue weighted by Crippen LogP contribution is -2.60. The first-order valence-corrected chi connectivity index (χ1v) is 4.35. The molecule has 1 saturated carbocycles. The highest BCUT2D eigenvalue weighted by Gasteiger charge is 2.47. The molecule has 0 unspecified atom stereocenters. The first kappa shape index (κ1) is 7.86. The van der Waals surface area contributed by atoms with Crippen LogP contribution in [0.2, 0.25) is 0 Å². The third kappa shape index (κ3) is 0.982. The molecule has 68 valence electrons. The molecule has 0 radical (unpaired) electrons. The molecule has 2 aliphatic heterocycles. The van der Waals surface area contributed by atoms with Crippen LogP contribution in [0.4, 0.5) is 4.79 Å². The molecule has 2 bridgehead atoms. The topological polar surface area (TPSA) is 60.8 Å². The van der Waals surface area contributed by atoms with Crippen LogP contribution in [-0.2, 0) is 0 Å². The zero-order valence-corrected chi connectivity index (χ0v) is 6.86. The van der Waals surface area contributed by atoms with E-state index in [2.05, 4.69) is 0 Å². The zero-order valence-electron chi connectivity index (χ0n) is 6.86. The van der Waals surface area contributed by atoms with Crippen LogP contribution in [0.5, 0.6) is 0 Å². The van der Waals surface area contributed by atoms with Crippen LogP contribution in [0.25, 0.3) is 0 Å². The average Bonchev–Trinajstić information content (AvgIpc) is 2.04. The van der Waals surface area contributed by atoms with Crippen LogP contribution in [0.15, 0.2) is 0 Å². The number of aliphatic hydroxyl groups is 1. The molecule has 2 N–H and O–H groups in total. The second-order valence-corrected chi connectivity index (χ2v) is 3.82. The van der Waals surface area contributed by atoms with Crippen LogP contribution in [0.3, 0.4) is 0 Å². The molecular weight excluding hydrogens is 158 g/mol. The number of carbonyl (C=O) groups is 1. The Morgan fingerprint density at radius 2 is 2.00 bits per heavy atom. The minimum absolute atomic E-state index is 0.482. The van der Waals surface area contributed by atoms with Crippen molar-refractivity contribution in [3.63, 3.8) is 0 Å². The Labute approximate surface area is 70.8 Å². The summed E-state index contributed by atoms with van der Waals surface area (Å²) in [5.41, 5.74) is -1.04. The van der Waals surface area contributed by atoms with Crippen molar-refractivity contribution in [1.82, 2.24) is 4.90 Å². The van der Waals surface area contributed by atoms with Crippen molar-refractivity contribution in [2.45, 2.75) is 31.4 Å². The van der Waals surface area contributed by atoms with Gasteiger partial charge in [-0.2, -0.15) is 0 Å². The molecule has 4 heteroatoms. The Morgan fingerprint density at radius 3 is 2.33 bits per heavy atom. The predicted molar refractivity (Wildman–Crippen MR) is 41.6 cm³/mol. The first-order chi connectivity index (χ1) is 5.62. The summed E-state index contributed by atoms with van der Waals surface area (Å²) in [5.74, 6) is 0.482. The van der Waals surface area contributed by atoms with Gasteiger partial charge in [0.05, 0.1) is 0 Å². The first-order valence-electron chi connectivity index (χ1n) is 4.35. The highest BCUT2D eigenvalue weighted by Crippen LogP contribution is 2.41. The lowest BCUT2D eigenvalue weighted by atomic mass is 9.77. The SMILES string of the molecule is O=C(O)N1CC2CCC1(O)CC2. The van der Waals surface area contributed by atoms with E-state index in [1.165, 1.54) is 4.90 Å². The number of hydrogen-bond donors (Lipinski definition) is 2. The largest absolute Gasteiger partial charge is 0.465 e. The third-order valence-electron chi connectivity index (χ3n) is 3.08. The van der Waals surface area contributed by atoms with Crippen LogP contribution >= 0.6 is 0 Å².